The molecule has 0 unspecified atom stereocenters. The Hall–Kier alpha value is -0.910. The van der Waals surface area contributed by atoms with Crippen molar-refractivity contribution in [1.29, 1.82) is 0 Å². The summed E-state index contributed by atoms with van der Waals surface area (Å²) in [5.74, 6) is 0. The fourth-order valence-corrected chi connectivity index (χ4v) is 1.28. The topological polar surface area (TPSA) is 0 Å². The highest BCUT2D eigenvalue weighted by Crippen LogP contribution is 2.14. The summed E-state index contributed by atoms with van der Waals surface area (Å²) in [6.07, 6.45) is 9.50. The van der Waals surface area contributed by atoms with E-state index >= 15 is 0 Å². The first-order valence-electron chi connectivity index (χ1n) is 5.82. The minimum Gasteiger partial charge on any atom is -0.0683 e. The molecular formula is C14H23+. The molecule has 0 aliphatic heterocycles. The van der Waals surface area contributed by atoms with Gasteiger partial charge >= 0.3 is 0 Å². The van der Waals surface area contributed by atoms with Gasteiger partial charge in [-0.1, -0.05) is 50.2 Å². The van der Waals surface area contributed by atoms with Crippen LogP contribution in [0.15, 0.2) is 36.4 Å². The van der Waals surface area contributed by atoms with Crippen molar-refractivity contribution in [3.05, 3.63) is 42.8 Å². The van der Waals surface area contributed by atoms with Gasteiger partial charge in [-0.25, -0.2) is 0 Å². The van der Waals surface area contributed by atoms with Crippen molar-refractivity contribution in [2.75, 3.05) is 0 Å². The molecule has 14 heavy (non-hydrogen) atoms. The molecule has 0 nitrogen and oxygen atoms in total. The van der Waals surface area contributed by atoms with Crippen LogP contribution in [-0.2, 0) is 0 Å². The molecule has 0 aromatic heterocycles. The summed E-state index contributed by atoms with van der Waals surface area (Å²) in [5, 5.41) is 0. The lowest BCUT2D eigenvalue weighted by atomic mass is 10.0. The number of hydrogen-bond acceptors (Lipinski definition) is 0. The average Bonchev–Trinajstić information content (AvgIpc) is 2.37. The van der Waals surface area contributed by atoms with Gasteiger partial charge < -0.3 is 0 Å². The van der Waals surface area contributed by atoms with Crippen LogP contribution in [0.5, 0.6) is 0 Å². The molecule has 78 valence electrons. The molecule has 0 heterocycles. The van der Waals surface area contributed by atoms with E-state index in [0.717, 1.165) is 0 Å². The van der Waals surface area contributed by atoms with E-state index in [2.05, 4.69) is 6.42 Å². The first-order chi connectivity index (χ1) is 7.00. The average molecular weight is 191 g/mol. The number of rotatable bonds is 0. The van der Waals surface area contributed by atoms with Gasteiger partial charge in [0.05, 0.1) is 19.3 Å². The number of hydrogen-bond donors (Lipinski definition) is 0. The fraction of sp³-hybridized carbons (Fsp3) is 0.500. The van der Waals surface area contributed by atoms with E-state index in [1.807, 2.05) is 50.2 Å². The fourth-order valence-electron chi connectivity index (χ4n) is 1.28. The zero-order valence-corrected chi connectivity index (χ0v) is 9.58. The van der Waals surface area contributed by atoms with Crippen molar-refractivity contribution in [1.82, 2.24) is 0 Å². The SMILES string of the molecule is CC.[CH+]1CCCCC1.c1ccccc1. The van der Waals surface area contributed by atoms with Gasteiger partial charge in [-0.2, -0.15) is 0 Å². The van der Waals surface area contributed by atoms with Crippen molar-refractivity contribution in [2.45, 2.75) is 46.0 Å². The van der Waals surface area contributed by atoms with E-state index in [9.17, 15) is 0 Å². The van der Waals surface area contributed by atoms with Crippen LogP contribution in [0.4, 0.5) is 0 Å². The Labute approximate surface area is 89.4 Å². The Balaban J connectivity index is 0.000000206. The minimum atomic E-state index is 1.38. The van der Waals surface area contributed by atoms with Gasteiger partial charge in [0, 0.05) is 0 Å². The molecule has 1 aliphatic rings. The highest BCUT2D eigenvalue weighted by molar-refractivity contribution is 4.99. The lowest BCUT2D eigenvalue weighted by Gasteiger charge is -1.97. The van der Waals surface area contributed by atoms with Gasteiger partial charge in [0.15, 0.2) is 0 Å². The van der Waals surface area contributed by atoms with Crippen molar-refractivity contribution < 1.29 is 0 Å². The third-order valence-corrected chi connectivity index (χ3v) is 1.98. The Kier molecular flexibility index (Phi) is 11.3. The zero-order valence-electron chi connectivity index (χ0n) is 9.58. The molecule has 0 atom stereocenters. The third kappa shape index (κ3) is 9.18. The molecule has 0 spiro atoms. The van der Waals surface area contributed by atoms with Crippen LogP contribution in [0.3, 0.4) is 0 Å². The molecular weight excluding hydrogens is 168 g/mol. The van der Waals surface area contributed by atoms with Crippen LogP contribution >= 0.6 is 0 Å². The highest BCUT2D eigenvalue weighted by atomic mass is 14.0. The number of benzene rings is 1. The van der Waals surface area contributed by atoms with Crippen LogP contribution in [0.2, 0.25) is 0 Å². The van der Waals surface area contributed by atoms with Crippen molar-refractivity contribution in [2.24, 2.45) is 0 Å². The molecule has 0 saturated heterocycles. The van der Waals surface area contributed by atoms with Crippen molar-refractivity contribution >= 4 is 0 Å². The van der Waals surface area contributed by atoms with Gasteiger partial charge in [0.2, 0.25) is 0 Å². The lowest BCUT2D eigenvalue weighted by molar-refractivity contribution is 0.593. The van der Waals surface area contributed by atoms with E-state index in [1.54, 1.807) is 0 Å². The van der Waals surface area contributed by atoms with E-state index < -0.39 is 0 Å². The van der Waals surface area contributed by atoms with Crippen LogP contribution in [-0.4, -0.2) is 0 Å². The Morgan fingerprint density at radius 3 is 1.14 bits per heavy atom. The Morgan fingerprint density at radius 2 is 1.00 bits per heavy atom. The summed E-state index contributed by atoms with van der Waals surface area (Å²) in [4.78, 5) is 0. The van der Waals surface area contributed by atoms with Crippen LogP contribution in [0, 0.1) is 6.42 Å². The summed E-state index contributed by atoms with van der Waals surface area (Å²) in [5.41, 5.74) is 0. The summed E-state index contributed by atoms with van der Waals surface area (Å²) in [6.45, 7) is 4.00. The third-order valence-electron chi connectivity index (χ3n) is 1.98. The first kappa shape index (κ1) is 13.1. The molecule has 0 bridgehead atoms. The quantitative estimate of drug-likeness (QED) is 0.513. The maximum absolute atomic E-state index is 2.39. The molecule has 1 aliphatic carbocycles. The highest BCUT2D eigenvalue weighted by Gasteiger charge is 2.04. The summed E-state index contributed by atoms with van der Waals surface area (Å²) in [7, 11) is 0. The normalized spacial score (nSPS) is 13.6. The molecule has 1 aromatic carbocycles. The van der Waals surface area contributed by atoms with Gasteiger partial charge in [-0.3, -0.25) is 0 Å². The van der Waals surface area contributed by atoms with E-state index in [0.29, 0.717) is 0 Å². The van der Waals surface area contributed by atoms with Gasteiger partial charge in [-0.15, -0.1) is 0 Å². The lowest BCUT2D eigenvalue weighted by Crippen LogP contribution is -1.87. The van der Waals surface area contributed by atoms with Crippen LogP contribution in [0.25, 0.3) is 0 Å². The zero-order chi connectivity index (χ0) is 10.5. The molecule has 1 aromatic rings. The van der Waals surface area contributed by atoms with Crippen molar-refractivity contribution in [3.63, 3.8) is 0 Å². The van der Waals surface area contributed by atoms with Crippen LogP contribution in [0.1, 0.15) is 46.0 Å². The first-order valence-corrected chi connectivity index (χ1v) is 5.82. The molecule has 0 heteroatoms. The summed E-state index contributed by atoms with van der Waals surface area (Å²) < 4.78 is 0. The monoisotopic (exact) mass is 191 g/mol. The summed E-state index contributed by atoms with van der Waals surface area (Å²) in [6, 6.07) is 12.0. The maximum Gasteiger partial charge on any atom is 0.0875 e. The largest absolute Gasteiger partial charge is 0.0875 e. The molecule has 0 amide bonds. The minimum absolute atomic E-state index is 1.38. The summed E-state index contributed by atoms with van der Waals surface area (Å²) >= 11 is 0. The van der Waals surface area contributed by atoms with Gasteiger partial charge in [-0.05, 0) is 19.3 Å². The molecule has 1 fully saturated rings. The second kappa shape index (κ2) is 12.1. The Morgan fingerprint density at radius 1 is 0.643 bits per heavy atom. The second-order valence-electron chi connectivity index (χ2n) is 3.08. The van der Waals surface area contributed by atoms with E-state index in [1.165, 1.54) is 32.1 Å². The smallest absolute Gasteiger partial charge is 0.0683 e. The standard InChI is InChI=1S/C6H11.C6H6.C2H6/c2*1-2-4-6-5-3-1;1-2/h1H,2-6H2;1-6H;1-2H3/q+1;;. The molecule has 2 rings (SSSR count). The van der Waals surface area contributed by atoms with E-state index in [4.69, 9.17) is 0 Å². The Bertz CT molecular complexity index is 124. The second-order valence-corrected chi connectivity index (χ2v) is 3.08. The molecule has 0 N–H and O–H groups in total. The van der Waals surface area contributed by atoms with Gasteiger partial charge in [0.25, 0.3) is 0 Å². The molecule has 0 radical (unpaired) electrons. The predicted octanol–water partition coefficient (Wildman–Crippen LogP) is 4.87. The maximum atomic E-state index is 2.39. The van der Waals surface area contributed by atoms with Crippen molar-refractivity contribution in [3.8, 4) is 0 Å². The van der Waals surface area contributed by atoms with E-state index in [-0.39, 0.29) is 0 Å². The van der Waals surface area contributed by atoms with Gasteiger partial charge in [0.1, 0.15) is 0 Å². The van der Waals surface area contributed by atoms with Crippen LogP contribution < -0.4 is 0 Å². The predicted molar refractivity (Wildman–Crippen MR) is 65.2 cm³/mol. The molecule has 1 saturated carbocycles.